The van der Waals surface area contributed by atoms with Gasteiger partial charge in [0.25, 0.3) is 0 Å². The van der Waals surface area contributed by atoms with Crippen LogP contribution in [0.25, 0.3) is 0 Å². The van der Waals surface area contributed by atoms with Gasteiger partial charge in [0, 0.05) is 4.90 Å². The number of benzene rings is 1. The van der Waals surface area contributed by atoms with Crippen LogP contribution in [0.3, 0.4) is 0 Å². The van der Waals surface area contributed by atoms with Gasteiger partial charge in [0.05, 0.1) is 5.56 Å². The van der Waals surface area contributed by atoms with E-state index in [0.717, 1.165) is 16.8 Å². The van der Waals surface area contributed by atoms with Crippen LogP contribution in [-0.2, 0) is 4.74 Å². The van der Waals surface area contributed by atoms with E-state index in [1.165, 1.54) is 0 Å². The van der Waals surface area contributed by atoms with E-state index in [2.05, 4.69) is 0 Å². The van der Waals surface area contributed by atoms with Gasteiger partial charge < -0.3 is 4.74 Å². The maximum Gasteiger partial charge on any atom is 0.338 e. The fourth-order valence-corrected chi connectivity index (χ4v) is 1.30. The van der Waals surface area contributed by atoms with Gasteiger partial charge in [0.15, 0.2) is 0 Å². The van der Waals surface area contributed by atoms with Crippen molar-refractivity contribution in [2.75, 3.05) is 0 Å². The van der Waals surface area contributed by atoms with Crippen LogP contribution in [0.2, 0.25) is 0 Å². The van der Waals surface area contributed by atoms with Crippen molar-refractivity contribution < 1.29 is 9.53 Å². The van der Waals surface area contributed by atoms with E-state index in [1.54, 1.807) is 24.3 Å². The van der Waals surface area contributed by atoms with Crippen LogP contribution in [0.1, 0.15) is 31.1 Å². The number of carbonyl (C=O) groups is 1. The number of rotatable bonds is 2. The van der Waals surface area contributed by atoms with Crippen LogP contribution >= 0.6 is 11.9 Å². The molecule has 0 saturated heterocycles. The van der Waals surface area contributed by atoms with Crippen molar-refractivity contribution in [2.24, 2.45) is 5.14 Å². The third-order valence-corrected chi connectivity index (χ3v) is 2.17. The Morgan fingerprint density at radius 3 is 2.20 bits per heavy atom. The summed E-state index contributed by atoms with van der Waals surface area (Å²) in [6.07, 6.45) is 0. The van der Waals surface area contributed by atoms with E-state index < -0.39 is 5.60 Å². The molecule has 0 heterocycles. The number of esters is 1. The van der Waals surface area contributed by atoms with Crippen molar-refractivity contribution in [1.82, 2.24) is 0 Å². The van der Waals surface area contributed by atoms with Crippen molar-refractivity contribution in [3.63, 3.8) is 0 Å². The Morgan fingerprint density at radius 2 is 1.80 bits per heavy atom. The lowest BCUT2D eigenvalue weighted by atomic mass is 10.2. The van der Waals surface area contributed by atoms with Gasteiger partial charge in [-0.05, 0) is 57.0 Å². The quantitative estimate of drug-likeness (QED) is 0.621. The van der Waals surface area contributed by atoms with Crippen molar-refractivity contribution in [1.29, 1.82) is 0 Å². The standard InChI is InChI=1S/C11H15NO2S/c1-11(2,3)14-10(13)8-4-6-9(15-12)7-5-8/h4-7H,12H2,1-3H3. The summed E-state index contributed by atoms with van der Waals surface area (Å²) < 4.78 is 5.22. The molecule has 0 unspecified atom stereocenters. The zero-order chi connectivity index (χ0) is 11.5. The Bertz CT molecular complexity index is 341. The summed E-state index contributed by atoms with van der Waals surface area (Å²) in [6, 6.07) is 7.01. The third kappa shape index (κ3) is 3.93. The molecule has 0 amide bonds. The molecule has 1 rings (SSSR count). The molecule has 1 aromatic rings. The molecule has 0 fully saturated rings. The number of nitrogens with two attached hydrogens (primary N) is 1. The van der Waals surface area contributed by atoms with E-state index >= 15 is 0 Å². The number of hydrogen-bond donors (Lipinski definition) is 1. The topological polar surface area (TPSA) is 52.3 Å². The zero-order valence-electron chi connectivity index (χ0n) is 9.11. The number of hydrogen-bond acceptors (Lipinski definition) is 4. The molecular weight excluding hydrogens is 210 g/mol. The average Bonchev–Trinajstić information content (AvgIpc) is 2.15. The number of carbonyl (C=O) groups excluding carboxylic acids is 1. The second-order valence-electron chi connectivity index (χ2n) is 4.14. The molecule has 0 aliphatic rings. The molecule has 0 atom stereocenters. The van der Waals surface area contributed by atoms with E-state index in [9.17, 15) is 4.79 Å². The van der Waals surface area contributed by atoms with Crippen LogP contribution in [-0.4, -0.2) is 11.6 Å². The Balaban J connectivity index is 2.75. The third-order valence-electron chi connectivity index (χ3n) is 1.62. The van der Waals surface area contributed by atoms with Crippen LogP contribution in [0, 0.1) is 0 Å². The summed E-state index contributed by atoms with van der Waals surface area (Å²) in [6.45, 7) is 5.53. The van der Waals surface area contributed by atoms with Crippen LogP contribution in [0.15, 0.2) is 29.2 Å². The Morgan fingerprint density at radius 1 is 1.27 bits per heavy atom. The molecule has 15 heavy (non-hydrogen) atoms. The summed E-state index contributed by atoms with van der Waals surface area (Å²) in [4.78, 5) is 12.5. The van der Waals surface area contributed by atoms with Gasteiger partial charge in [-0.15, -0.1) is 0 Å². The lowest BCUT2D eigenvalue weighted by Gasteiger charge is -2.19. The van der Waals surface area contributed by atoms with E-state index in [0.29, 0.717) is 5.56 Å². The lowest BCUT2D eigenvalue weighted by Crippen LogP contribution is -2.23. The molecule has 1 aromatic carbocycles. The first-order valence-corrected chi connectivity index (χ1v) is 5.50. The van der Waals surface area contributed by atoms with Crippen molar-refractivity contribution in [3.05, 3.63) is 29.8 Å². The van der Waals surface area contributed by atoms with E-state index in [1.807, 2.05) is 20.8 Å². The van der Waals surface area contributed by atoms with Crippen LogP contribution < -0.4 is 5.14 Å². The second-order valence-corrected chi connectivity index (χ2v) is 4.85. The molecule has 4 heteroatoms. The van der Waals surface area contributed by atoms with Crippen molar-refractivity contribution in [3.8, 4) is 0 Å². The van der Waals surface area contributed by atoms with Crippen LogP contribution in [0.5, 0.6) is 0 Å². The van der Waals surface area contributed by atoms with Gasteiger partial charge in [-0.25, -0.2) is 4.79 Å². The SMILES string of the molecule is CC(C)(C)OC(=O)c1ccc(SN)cc1. The lowest BCUT2D eigenvalue weighted by molar-refractivity contribution is 0.00695. The minimum atomic E-state index is -0.460. The first-order chi connectivity index (χ1) is 6.92. The maximum atomic E-state index is 11.6. The molecule has 0 aliphatic carbocycles. The van der Waals surface area contributed by atoms with Gasteiger partial charge >= 0.3 is 5.97 Å². The summed E-state index contributed by atoms with van der Waals surface area (Å²) in [5.74, 6) is -0.309. The molecule has 0 spiro atoms. The highest BCUT2D eigenvalue weighted by molar-refractivity contribution is 7.97. The molecule has 2 N–H and O–H groups in total. The minimum absolute atomic E-state index is 0.309. The van der Waals surface area contributed by atoms with Crippen LogP contribution in [0.4, 0.5) is 0 Å². The first-order valence-electron chi connectivity index (χ1n) is 4.62. The van der Waals surface area contributed by atoms with Gasteiger partial charge in [0.2, 0.25) is 0 Å². The zero-order valence-corrected chi connectivity index (χ0v) is 9.93. The van der Waals surface area contributed by atoms with E-state index in [-0.39, 0.29) is 5.97 Å². The molecular formula is C11H15NO2S. The predicted octanol–water partition coefficient (Wildman–Crippen LogP) is 2.61. The van der Waals surface area contributed by atoms with Crippen molar-refractivity contribution in [2.45, 2.75) is 31.3 Å². The fourth-order valence-electron chi connectivity index (χ4n) is 1.01. The Labute approximate surface area is 94.1 Å². The maximum absolute atomic E-state index is 11.6. The Hall–Kier alpha value is -1.00. The molecule has 3 nitrogen and oxygen atoms in total. The summed E-state index contributed by atoms with van der Waals surface area (Å²) in [5.41, 5.74) is 0.0842. The highest BCUT2D eigenvalue weighted by Crippen LogP contribution is 2.15. The predicted molar refractivity (Wildman–Crippen MR) is 61.7 cm³/mol. The van der Waals surface area contributed by atoms with Gasteiger partial charge in [-0.1, -0.05) is 0 Å². The highest BCUT2D eigenvalue weighted by atomic mass is 32.2. The minimum Gasteiger partial charge on any atom is -0.456 e. The molecule has 0 radical (unpaired) electrons. The summed E-state index contributed by atoms with van der Waals surface area (Å²) in [5, 5.41) is 5.38. The fraction of sp³-hybridized carbons (Fsp3) is 0.364. The number of ether oxygens (including phenoxy) is 1. The summed E-state index contributed by atoms with van der Waals surface area (Å²) in [7, 11) is 0. The monoisotopic (exact) mass is 225 g/mol. The molecule has 82 valence electrons. The molecule has 0 bridgehead atoms. The van der Waals surface area contributed by atoms with Gasteiger partial charge in [-0.2, -0.15) is 0 Å². The van der Waals surface area contributed by atoms with Gasteiger partial charge in [-0.3, -0.25) is 5.14 Å². The molecule has 0 aliphatic heterocycles. The highest BCUT2D eigenvalue weighted by Gasteiger charge is 2.17. The normalized spacial score (nSPS) is 11.2. The van der Waals surface area contributed by atoms with Gasteiger partial charge in [0.1, 0.15) is 5.60 Å². The second kappa shape index (κ2) is 4.68. The smallest absolute Gasteiger partial charge is 0.338 e. The first kappa shape index (κ1) is 12.1. The molecule has 0 saturated carbocycles. The average molecular weight is 225 g/mol. The Kier molecular flexibility index (Phi) is 3.77. The summed E-state index contributed by atoms with van der Waals surface area (Å²) >= 11 is 1.15. The van der Waals surface area contributed by atoms with E-state index in [4.69, 9.17) is 9.88 Å². The largest absolute Gasteiger partial charge is 0.456 e. The molecule has 0 aromatic heterocycles. The van der Waals surface area contributed by atoms with Crippen molar-refractivity contribution >= 4 is 17.9 Å².